The number of benzene rings is 1. The molecule has 0 aliphatic carbocycles. The number of rotatable bonds is 13. The molecule has 0 aliphatic heterocycles. The van der Waals surface area contributed by atoms with Gasteiger partial charge in [0.15, 0.2) is 5.58 Å². The van der Waals surface area contributed by atoms with Crippen molar-refractivity contribution >= 4 is 69.6 Å². The third-order valence-corrected chi connectivity index (χ3v) is 8.77. The van der Waals surface area contributed by atoms with Gasteiger partial charge in [0.05, 0.1) is 5.69 Å². The van der Waals surface area contributed by atoms with Gasteiger partial charge >= 0.3 is 0 Å². The fourth-order valence-electron chi connectivity index (χ4n) is 3.98. The Hall–Kier alpha value is -1.35. The summed E-state index contributed by atoms with van der Waals surface area (Å²) in [5.41, 5.74) is 5.64. The van der Waals surface area contributed by atoms with Crippen LogP contribution in [-0.4, -0.2) is 34.1 Å². The number of halogens is 1. The summed E-state index contributed by atoms with van der Waals surface area (Å²) in [5.74, 6) is 1.35. The summed E-state index contributed by atoms with van der Waals surface area (Å²) < 4.78 is 6.10. The topological polar surface area (TPSA) is 68.0 Å². The molecule has 196 valence electrons. The first-order valence-corrected chi connectivity index (χ1v) is 16.2. The van der Waals surface area contributed by atoms with Crippen LogP contribution >= 0.6 is 46.9 Å². The molecule has 2 aromatic heterocycles. The number of pyridine rings is 1. The number of unbranched alkanes of at least 4 members (excludes halogenated alkanes) is 4. The van der Waals surface area contributed by atoms with Gasteiger partial charge in [-0.3, -0.25) is 4.79 Å². The maximum atomic E-state index is 12.5. The molecule has 36 heavy (non-hydrogen) atoms. The molecule has 1 amide bonds. The maximum Gasteiger partial charge on any atom is 0.256 e. The summed E-state index contributed by atoms with van der Waals surface area (Å²) >= 11 is 11.3. The number of hydrogen-bond donors (Lipinski definition) is 1. The number of aryl methyl sites for hydroxylation is 2. The zero-order valence-electron chi connectivity index (χ0n) is 22.0. The van der Waals surface area contributed by atoms with Gasteiger partial charge in [0.2, 0.25) is 5.91 Å². The van der Waals surface area contributed by atoms with Crippen LogP contribution in [0.25, 0.3) is 11.1 Å². The minimum Gasteiger partial charge on any atom is -0.431 e. The van der Waals surface area contributed by atoms with Crippen molar-refractivity contribution in [3.05, 3.63) is 34.0 Å². The number of carbonyl (C=O) groups is 1. The van der Waals surface area contributed by atoms with Crippen LogP contribution in [0, 0.1) is 13.8 Å². The number of nitrogens with one attached hydrogen (secondary N) is 1. The molecule has 1 aromatic carbocycles. The summed E-state index contributed by atoms with van der Waals surface area (Å²) in [6.45, 7) is 8.26. The third kappa shape index (κ3) is 7.59. The quantitative estimate of drug-likeness (QED) is 0.164. The van der Waals surface area contributed by atoms with Gasteiger partial charge in [-0.05, 0) is 62.8 Å². The Morgan fingerprint density at radius 3 is 2.47 bits per heavy atom. The number of fused-ring (bicyclic) bond motifs is 1. The van der Waals surface area contributed by atoms with E-state index in [1.807, 2.05) is 38.5 Å². The van der Waals surface area contributed by atoms with E-state index in [2.05, 4.69) is 24.1 Å². The zero-order valence-corrected chi connectivity index (χ0v) is 25.2. The molecular formula is C27H36ClN3O2S3. The van der Waals surface area contributed by atoms with Gasteiger partial charge in [0.1, 0.15) is 10.5 Å². The molecular weight excluding hydrogens is 530 g/mol. The summed E-state index contributed by atoms with van der Waals surface area (Å²) in [5, 5.41) is 5.43. The lowest BCUT2D eigenvalue weighted by molar-refractivity contribution is -0.116. The Morgan fingerprint density at radius 2 is 1.78 bits per heavy atom. The minimum absolute atomic E-state index is 0.0638. The molecule has 2 heterocycles. The van der Waals surface area contributed by atoms with Crippen LogP contribution in [0.2, 0.25) is 5.02 Å². The number of hydrogen-bond acceptors (Lipinski definition) is 7. The predicted molar refractivity (Wildman–Crippen MR) is 157 cm³/mol. The van der Waals surface area contributed by atoms with E-state index >= 15 is 0 Å². The molecule has 1 N–H and O–H groups in total. The maximum absolute atomic E-state index is 12.5. The second-order valence-corrected chi connectivity index (χ2v) is 12.2. The molecule has 9 heteroatoms. The largest absolute Gasteiger partial charge is 0.431 e. The average Bonchev–Trinajstić information content (AvgIpc) is 3.27. The van der Waals surface area contributed by atoms with Crippen LogP contribution in [0.15, 0.2) is 31.7 Å². The van der Waals surface area contributed by atoms with Crippen LogP contribution in [0.1, 0.15) is 75.1 Å². The van der Waals surface area contributed by atoms with Gasteiger partial charge in [-0.15, -0.1) is 23.5 Å². The Kier molecular flexibility index (Phi) is 11.3. The first-order chi connectivity index (χ1) is 17.2. The molecule has 0 fully saturated rings. The molecule has 5 nitrogen and oxygen atoms in total. The molecule has 0 bridgehead atoms. The van der Waals surface area contributed by atoms with Crippen LogP contribution in [0.3, 0.4) is 0 Å². The van der Waals surface area contributed by atoms with E-state index in [0.717, 1.165) is 86.4 Å². The van der Waals surface area contributed by atoms with Crippen molar-refractivity contribution < 1.29 is 9.21 Å². The smallest absolute Gasteiger partial charge is 0.256 e. The molecule has 3 rings (SSSR count). The number of thioether (sulfide) groups is 3. The van der Waals surface area contributed by atoms with E-state index in [9.17, 15) is 4.79 Å². The molecule has 0 radical (unpaired) electrons. The van der Waals surface area contributed by atoms with Gasteiger partial charge < -0.3 is 9.73 Å². The highest BCUT2D eigenvalue weighted by molar-refractivity contribution is 7.99. The SMILES string of the molecule is CSc1cc(C)nc(SC)c1NC(=O)CCCCCCCSc1nc2c(C)c(Cl)cc(C(C)C)c2o1. The summed E-state index contributed by atoms with van der Waals surface area (Å²) in [6.07, 6.45) is 9.83. The highest BCUT2D eigenvalue weighted by atomic mass is 35.5. The number of anilines is 1. The Morgan fingerprint density at radius 1 is 1.06 bits per heavy atom. The molecule has 0 aliphatic rings. The predicted octanol–water partition coefficient (Wildman–Crippen LogP) is 9.13. The van der Waals surface area contributed by atoms with Gasteiger partial charge in [0.25, 0.3) is 5.22 Å². The van der Waals surface area contributed by atoms with Gasteiger partial charge in [-0.1, -0.05) is 56.5 Å². The van der Waals surface area contributed by atoms with Crippen molar-refractivity contribution in [2.24, 2.45) is 0 Å². The standard InChI is InChI=1S/C27H36ClN3O2S3/c1-16(2)19-15-20(28)18(4)23-25(19)33-27(31-23)36-13-11-9-7-8-10-12-22(32)30-24-21(34-5)14-17(3)29-26(24)35-6/h14-16H,7-13H2,1-6H3,(H,30,32). The normalized spacial score (nSPS) is 11.6. The highest BCUT2D eigenvalue weighted by Gasteiger charge is 2.17. The first kappa shape index (κ1) is 29.2. The van der Waals surface area contributed by atoms with Gasteiger partial charge in [0, 0.05) is 33.3 Å². The van der Waals surface area contributed by atoms with Crippen LogP contribution in [-0.2, 0) is 4.79 Å². The Bertz CT molecular complexity index is 1170. The van der Waals surface area contributed by atoms with Crippen molar-refractivity contribution in [1.82, 2.24) is 9.97 Å². The number of oxazole rings is 1. The molecule has 0 atom stereocenters. The lowest BCUT2D eigenvalue weighted by Gasteiger charge is -2.14. The van der Waals surface area contributed by atoms with Crippen molar-refractivity contribution in [1.29, 1.82) is 0 Å². The van der Waals surface area contributed by atoms with E-state index in [1.165, 1.54) is 0 Å². The monoisotopic (exact) mass is 565 g/mol. The van der Waals surface area contributed by atoms with Crippen molar-refractivity contribution in [2.75, 3.05) is 23.6 Å². The lowest BCUT2D eigenvalue weighted by atomic mass is 10.0. The van der Waals surface area contributed by atoms with Crippen molar-refractivity contribution in [3.8, 4) is 0 Å². The van der Waals surface area contributed by atoms with Crippen LogP contribution in [0.4, 0.5) is 5.69 Å². The molecule has 0 unspecified atom stereocenters. The fourth-order valence-corrected chi connectivity index (χ4v) is 6.32. The van der Waals surface area contributed by atoms with Crippen molar-refractivity contribution in [3.63, 3.8) is 0 Å². The summed E-state index contributed by atoms with van der Waals surface area (Å²) in [6, 6.07) is 4.03. The summed E-state index contributed by atoms with van der Waals surface area (Å²) in [7, 11) is 0. The van der Waals surface area contributed by atoms with Crippen molar-refractivity contribution in [2.45, 2.75) is 87.3 Å². The fraction of sp³-hybridized carbons (Fsp3) is 0.519. The number of nitrogens with zero attached hydrogens (tertiary/aromatic N) is 2. The van der Waals surface area contributed by atoms with E-state index in [4.69, 9.17) is 21.0 Å². The average molecular weight is 566 g/mol. The van der Waals surface area contributed by atoms with Crippen LogP contribution < -0.4 is 5.32 Å². The number of aromatic nitrogens is 2. The number of carbonyl (C=O) groups excluding carboxylic acids is 1. The first-order valence-electron chi connectivity index (χ1n) is 12.4. The Balaban J connectivity index is 1.38. The molecule has 3 aromatic rings. The Labute approximate surface area is 232 Å². The van der Waals surface area contributed by atoms with E-state index in [1.54, 1.807) is 35.3 Å². The molecule has 0 saturated heterocycles. The third-order valence-electron chi connectivity index (χ3n) is 6.02. The number of amides is 1. The van der Waals surface area contributed by atoms with Gasteiger partial charge in [-0.2, -0.15) is 0 Å². The lowest BCUT2D eigenvalue weighted by Crippen LogP contribution is -2.13. The van der Waals surface area contributed by atoms with E-state index in [-0.39, 0.29) is 5.91 Å². The second-order valence-electron chi connectivity index (χ2n) is 9.15. The zero-order chi connectivity index (χ0) is 26.2. The van der Waals surface area contributed by atoms with E-state index < -0.39 is 0 Å². The van der Waals surface area contributed by atoms with E-state index in [0.29, 0.717) is 17.6 Å². The highest BCUT2D eigenvalue weighted by Crippen LogP contribution is 2.36. The minimum atomic E-state index is 0.0638. The second kappa shape index (κ2) is 14.0. The summed E-state index contributed by atoms with van der Waals surface area (Å²) in [4.78, 5) is 22.9. The molecule has 0 saturated carbocycles. The van der Waals surface area contributed by atoms with Crippen LogP contribution in [0.5, 0.6) is 0 Å². The van der Waals surface area contributed by atoms with Gasteiger partial charge in [-0.25, -0.2) is 9.97 Å². The molecule has 0 spiro atoms.